The highest BCUT2D eigenvalue weighted by Crippen LogP contribution is 2.23. The maximum absolute atomic E-state index is 12.9. The predicted molar refractivity (Wildman–Crippen MR) is 130 cm³/mol. The molecule has 0 unspecified atom stereocenters. The van der Waals surface area contributed by atoms with Crippen LogP contribution in [0.25, 0.3) is 11.0 Å². The molecule has 3 aromatic carbocycles. The number of benzene rings is 3. The zero-order chi connectivity index (χ0) is 22.8. The topological polar surface area (TPSA) is 65.8 Å². The van der Waals surface area contributed by atoms with Gasteiger partial charge in [-0.2, -0.15) is 0 Å². The minimum atomic E-state index is -0.125. The summed E-state index contributed by atoms with van der Waals surface area (Å²) >= 11 is 0. The predicted octanol–water partition coefficient (Wildman–Crippen LogP) is 4.96. The van der Waals surface area contributed by atoms with E-state index in [2.05, 4.69) is 10.2 Å². The molecule has 6 heteroatoms. The Bertz CT molecular complexity index is 1250. The normalized spacial score (nSPS) is 13.8. The maximum Gasteiger partial charge on any atom is 0.289 e. The molecule has 0 bridgehead atoms. The second-order valence-corrected chi connectivity index (χ2v) is 8.29. The number of piperazine rings is 1. The molecule has 2 amide bonds. The number of anilines is 2. The number of para-hydroxylation sites is 1. The number of carbonyl (C=O) groups excluding carboxylic acids is 2. The second-order valence-electron chi connectivity index (χ2n) is 8.29. The van der Waals surface area contributed by atoms with Crippen LogP contribution in [0.4, 0.5) is 11.4 Å². The number of carbonyl (C=O) groups is 2. The molecule has 1 fully saturated rings. The van der Waals surface area contributed by atoms with Gasteiger partial charge in [0.05, 0.1) is 0 Å². The third-order valence-electron chi connectivity index (χ3n) is 6.01. The van der Waals surface area contributed by atoms with Gasteiger partial charge >= 0.3 is 0 Å². The van der Waals surface area contributed by atoms with E-state index in [1.54, 1.807) is 0 Å². The molecule has 2 heterocycles. The lowest BCUT2D eigenvalue weighted by Crippen LogP contribution is -2.48. The van der Waals surface area contributed by atoms with Crippen molar-refractivity contribution in [3.05, 3.63) is 95.7 Å². The lowest BCUT2D eigenvalue weighted by molar-refractivity contribution is 0.0717. The zero-order valence-electron chi connectivity index (χ0n) is 18.5. The van der Waals surface area contributed by atoms with Crippen LogP contribution in [0.2, 0.25) is 0 Å². The van der Waals surface area contributed by atoms with E-state index >= 15 is 0 Å². The molecule has 0 aliphatic carbocycles. The number of fused-ring (bicyclic) bond motifs is 1. The van der Waals surface area contributed by atoms with Crippen LogP contribution < -0.4 is 10.2 Å². The molecule has 0 atom stereocenters. The summed E-state index contributed by atoms with van der Waals surface area (Å²) < 4.78 is 5.74. The molecule has 1 N–H and O–H groups in total. The van der Waals surface area contributed by atoms with Gasteiger partial charge in [-0.05, 0) is 55.5 Å². The highest BCUT2D eigenvalue weighted by molar-refractivity contribution is 6.04. The third-order valence-corrected chi connectivity index (χ3v) is 6.01. The highest BCUT2D eigenvalue weighted by atomic mass is 16.3. The largest absolute Gasteiger partial charge is 0.451 e. The van der Waals surface area contributed by atoms with Crippen LogP contribution in [0.1, 0.15) is 26.5 Å². The van der Waals surface area contributed by atoms with Gasteiger partial charge in [0, 0.05) is 48.5 Å². The molecular formula is C27H25N3O3. The first kappa shape index (κ1) is 20.8. The van der Waals surface area contributed by atoms with Gasteiger partial charge in [0.2, 0.25) is 0 Å². The molecule has 6 nitrogen and oxygen atoms in total. The number of aryl methyl sites for hydroxylation is 1. The van der Waals surface area contributed by atoms with Crippen molar-refractivity contribution in [3.8, 4) is 0 Å². The Balaban J connectivity index is 1.18. The minimum Gasteiger partial charge on any atom is -0.451 e. The van der Waals surface area contributed by atoms with E-state index in [9.17, 15) is 9.59 Å². The van der Waals surface area contributed by atoms with Crippen molar-refractivity contribution in [2.45, 2.75) is 6.92 Å². The number of rotatable bonds is 4. The second kappa shape index (κ2) is 8.82. The Labute approximate surface area is 192 Å². The van der Waals surface area contributed by atoms with Gasteiger partial charge in [-0.15, -0.1) is 0 Å². The number of furan rings is 1. The molecule has 1 aliphatic heterocycles. The smallest absolute Gasteiger partial charge is 0.289 e. The standard InChI is InChI=1S/C27H25N3O3/c1-19-6-8-20(9-7-19)26(31)28-22-10-12-23(13-11-22)29-14-16-30(17-15-29)27(32)25-18-21-4-2-3-5-24(21)33-25/h2-13,18H,14-17H2,1H3,(H,28,31). The molecule has 1 saturated heterocycles. The molecule has 0 radical (unpaired) electrons. The number of nitrogens with zero attached hydrogens (tertiary/aromatic N) is 2. The van der Waals surface area contributed by atoms with Gasteiger partial charge < -0.3 is 19.5 Å². The van der Waals surface area contributed by atoms with Crippen molar-refractivity contribution in [1.82, 2.24) is 4.90 Å². The summed E-state index contributed by atoms with van der Waals surface area (Å²) in [5.41, 5.74) is 4.31. The van der Waals surface area contributed by atoms with Gasteiger partial charge in [-0.25, -0.2) is 0 Å². The lowest BCUT2D eigenvalue weighted by Gasteiger charge is -2.35. The number of amides is 2. The number of hydrogen-bond donors (Lipinski definition) is 1. The van der Waals surface area contributed by atoms with Crippen LogP contribution in [0.3, 0.4) is 0 Å². The summed E-state index contributed by atoms with van der Waals surface area (Å²) in [4.78, 5) is 29.4. The van der Waals surface area contributed by atoms with Gasteiger partial charge in [0.15, 0.2) is 5.76 Å². The summed E-state index contributed by atoms with van der Waals surface area (Å²) in [5.74, 6) is 0.193. The average molecular weight is 440 g/mol. The van der Waals surface area contributed by atoms with E-state index in [-0.39, 0.29) is 11.8 Å². The van der Waals surface area contributed by atoms with Crippen LogP contribution >= 0.6 is 0 Å². The highest BCUT2D eigenvalue weighted by Gasteiger charge is 2.24. The molecule has 5 rings (SSSR count). The molecule has 1 aromatic heterocycles. The zero-order valence-corrected chi connectivity index (χ0v) is 18.5. The Morgan fingerprint density at radius 1 is 0.848 bits per heavy atom. The van der Waals surface area contributed by atoms with Gasteiger partial charge in [0.1, 0.15) is 5.58 Å². The Morgan fingerprint density at radius 2 is 1.55 bits per heavy atom. The molecule has 0 spiro atoms. The Kier molecular flexibility index (Phi) is 5.57. The first-order valence-corrected chi connectivity index (χ1v) is 11.1. The molecule has 0 saturated carbocycles. The van der Waals surface area contributed by atoms with Crippen LogP contribution in [0.15, 0.2) is 83.3 Å². The van der Waals surface area contributed by atoms with Gasteiger partial charge in [-0.3, -0.25) is 9.59 Å². The van der Waals surface area contributed by atoms with Gasteiger partial charge in [0.25, 0.3) is 11.8 Å². The summed E-state index contributed by atoms with van der Waals surface area (Å²) in [5, 5.41) is 3.88. The molecule has 166 valence electrons. The van der Waals surface area contributed by atoms with Crippen molar-refractivity contribution >= 4 is 34.2 Å². The van der Waals surface area contributed by atoms with E-state index in [0.29, 0.717) is 24.4 Å². The molecule has 1 aliphatic rings. The van der Waals surface area contributed by atoms with Crippen LogP contribution in [-0.2, 0) is 0 Å². The quantitative estimate of drug-likeness (QED) is 0.488. The van der Waals surface area contributed by atoms with Crippen molar-refractivity contribution < 1.29 is 14.0 Å². The van der Waals surface area contributed by atoms with Gasteiger partial charge in [-0.1, -0.05) is 35.9 Å². The van der Waals surface area contributed by atoms with E-state index in [1.807, 2.05) is 90.7 Å². The fourth-order valence-corrected chi connectivity index (χ4v) is 4.07. The minimum absolute atomic E-state index is 0.0694. The maximum atomic E-state index is 12.9. The monoisotopic (exact) mass is 439 g/mol. The van der Waals surface area contributed by atoms with E-state index in [1.165, 1.54) is 0 Å². The third kappa shape index (κ3) is 4.46. The summed E-state index contributed by atoms with van der Waals surface area (Å²) in [6.07, 6.45) is 0. The fourth-order valence-electron chi connectivity index (χ4n) is 4.07. The first-order chi connectivity index (χ1) is 16.1. The van der Waals surface area contributed by atoms with Crippen molar-refractivity contribution in [2.24, 2.45) is 0 Å². The Morgan fingerprint density at radius 3 is 2.24 bits per heavy atom. The lowest BCUT2D eigenvalue weighted by atomic mass is 10.1. The van der Waals surface area contributed by atoms with E-state index in [4.69, 9.17) is 4.42 Å². The Hall–Kier alpha value is -4.06. The first-order valence-electron chi connectivity index (χ1n) is 11.1. The van der Waals surface area contributed by atoms with Crippen molar-refractivity contribution in [1.29, 1.82) is 0 Å². The summed E-state index contributed by atoms with van der Waals surface area (Å²) in [6.45, 7) is 4.72. The average Bonchev–Trinajstić information content (AvgIpc) is 3.29. The summed E-state index contributed by atoms with van der Waals surface area (Å²) in [7, 11) is 0. The fraction of sp³-hybridized carbons (Fsp3) is 0.185. The number of hydrogen-bond acceptors (Lipinski definition) is 4. The number of nitrogens with one attached hydrogen (secondary N) is 1. The van der Waals surface area contributed by atoms with E-state index < -0.39 is 0 Å². The molecule has 4 aromatic rings. The SMILES string of the molecule is Cc1ccc(C(=O)Nc2ccc(N3CCN(C(=O)c4cc5ccccc5o4)CC3)cc2)cc1. The van der Waals surface area contributed by atoms with Crippen LogP contribution in [0, 0.1) is 6.92 Å². The molecule has 33 heavy (non-hydrogen) atoms. The van der Waals surface area contributed by atoms with Crippen molar-refractivity contribution in [2.75, 3.05) is 36.4 Å². The van der Waals surface area contributed by atoms with Crippen LogP contribution in [0.5, 0.6) is 0 Å². The molecular weight excluding hydrogens is 414 g/mol. The van der Waals surface area contributed by atoms with Crippen molar-refractivity contribution in [3.63, 3.8) is 0 Å². The van der Waals surface area contributed by atoms with E-state index in [0.717, 1.165) is 41.0 Å². The van der Waals surface area contributed by atoms with Crippen LogP contribution in [-0.4, -0.2) is 42.9 Å². The summed E-state index contributed by atoms with van der Waals surface area (Å²) in [6, 6.07) is 24.8.